The summed E-state index contributed by atoms with van der Waals surface area (Å²) in [5.41, 5.74) is 0. The normalized spacial score (nSPS) is 13.9. The minimum atomic E-state index is -0.388. The van der Waals surface area contributed by atoms with E-state index in [9.17, 15) is 14.4 Å². The molecule has 0 saturated carbocycles. The van der Waals surface area contributed by atoms with E-state index in [-0.39, 0.29) is 23.7 Å². The molecule has 1 heterocycles. The fourth-order valence-electron chi connectivity index (χ4n) is 1.29. The Hall–Kier alpha value is -2.37. The van der Waals surface area contributed by atoms with Crippen LogP contribution in [0, 0.1) is 0 Å². The van der Waals surface area contributed by atoms with Crippen LogP contribution in [-0.2, 0) is 19.1 Å². The average Bonchev–Trinajstić information content (AvgIpc) is 2.32. The number of phenolic OH excluding ortho intramolecular Hbond substituents is 1. The van der Waals surface area contributed by atoms with E-state index < -0.39 is 0 Å². The first-order chi connectivity index (χ1) is 8.97. The van der Waals surface area contributed by atoms with Crippen LogP contribution in [0.1, 0.15) is 26.2 Å². The number of ether oxygens (including phenoxy) is 2. The lowest BCUT2D eigenvalue weighted by Gasteiger charge is -2.06. The van der Waals surface area contributed by atoms with Gasteiger partial charge in [0.05, 0.1) is 0 Å². The van der Waals surface area contributed by atoms with Crippen molar-refractivity contribution in [2.75, 3.05) is 0 Å². The number of esters is 3. The van der Waals surface area contributed by atoms with E-state index in [2.05, 4.69) is 4.74 Å². The van der Waals surface area contributed by atoms with Crippen molar-refractivity contribution in [3.8, 4) is 11.5 Å². The summed E-state index contributed by atoms with van der Waals surface area (Å²) in [4.78, 5) is 30.9. The van der Waals surface area contributed by atoms with Crippen LogP contribution in [0.15, 0.2) is 24.3 Å². The first-order valence-corrected chi connectivity index (χ1v) is 5.68. The van der Waals surface area contributed by atoms with E-state index in [1.54, 1.807) is 0 Å². The molecule has 102 valence electrons. The van der Waals surface area contributed by atoms with Gasteiger partial charge in [0.15, 0.2) is 0 Å². The van der Waals surface area contributed by atoms with Crippen LogP contribution in [0.4, 0.5) is 0 Å². The van der Waals surface area contributed by atoms with Gasteiger partial charge in [-0.2, -0.15) is 0 Å². The second kappa shape index (κ2) is 7.15. The molecule has 6 nitrogen and oxygen atoms in total. The van der Waals surface area contributed by atoms with Crippen LogP contribution in [0.2, 0.25) is 0 Å². The number of carbonyl (C=O) groups is 3. The van der Waals surface area contributed by atoms with E-state index in [0.29, 0.717) is 25.0 Å². The summed E-state index contributed by atoms with van der Waals surface area (Å²) in [7, 11) is 0. The van der Waals surface area contributed by atoms with Crippen molar-refractivity contribution >= 4 is 17.9 Å². The molecule has 1 N–H and O–H groups in total. The minimum Gasteiger partial charge on any atom is -0.508 e. The molecule has 1 aromatic rings. The molecule has 1 aliphatic rings. The van der Waals surface area contributed by atoms with Gasteiger partial charge in [0.25, 0.3) is 0 Å². The first kappa shape index (κ1) is 14.7. The van der Waals surface area contributed by atoms with Crippen LogP contribution in [0.25, 0.3) is 0 Å². The fraction of sp³-hybridized carbons (Fsp3) is 0.308. The minimum absolute atomic E-state index is 0.154. The van der Waals surface area contributed by atoms with Gasteiger partial charge in [-0.3, -0.25) is 14.4 Å². The van der Waals surface area contributed by atoms with Crippen LogP contribution >= 0.6 is 0 Å². The Morgan fingerprint density at radius 2 is 1.68 bits per heavy atom. The quantitative estimate of drug-likeness (QED) is 0.471. The summed E-state index contributed by atoms with van der Waals surface area (Å²) in [6, 6.07) is 5.96. The van der Waals surface area contributed by atoms with Crippen LogP contribution in [0.5, 0.6) is 11.5 Å². The topological polar surface area (TPSA) is 89.9 Å². The van der Waals surface area contributed by atoms with E-state index in [0.717, 1.165) is 0 Å². The number of aromatic hydroxyl groups is 1. The summed E-state index contributed by atoms with van der Waals surface area (Å²) >= 11 is 0. The third-order valence-electron chi connectivity index (χ3n) is 2.09. The summed E-state index contributed by atoms with van der Waals surface area (Å²) in [5, 5.41) is 8.85. The predicted molar refractivity (Wildman–Crippen MR) is 64.4 cm³/mol. The van der Waals surface area contributed by atoms with Gasteiger partial charge < -0.3 is 14.6 Å². The maximum Gasteiger partial charge on any atom is 0.313 e. The molecule has 1 fully saturated rings. The summed E-state index contributed by atoms with van der Waals surface area (Å²) in [6.45, 7) is 1.33. The van der Waals surface area contributed by atoms with Gasteiger partial charge in [0.2, 0.25) is 0 Å². The average molecular weight is 266 g/mol. The molecule has 2 rings (SSSR count). The number of hydrogen-bond acceptors (Lipinski definition) is 6. The zero-order chi connectivity index (χ0) is 14.3. The number of rotatable bonds is 1. The summed E-state index contributed by atoms with van der Waals surface area (Å²) in [5.74, 6) is -0.547. The Balaban J connectivity index is 0.000000200. The van der Waals surface area contributed by atoms with Gasteiger partial charge in [0, 0.05) is 19.8 Å². The Bertz CT molecular complexity index is 449. The lowest BCUT2D eigenvalue weighted by molar-refractivity contribution is -0.163. The van der Waals surface area contributed by atoms with Crippen LogP contribution < -0.4 is 4.74 Å². The van der Waals surface area contributed by atoms with Crippen molar-refractivity contribution in [1.82, 2.24) is 0 Å². The second-order valence-corrected chi connectivity index (χ2v) is 3.79. The lowest BCUT2D eigenvalue weighted by atomic mass is 10.2. The zero-order valence-electron chi connectivity index (χ0n) is 10.4. The molecular formula is C13H14O6. The molecule has 0 aromatic heterocycles. The third kappa shape index (κ3) is 6.21. The number of phenols is 1. The fourth-order valence-corrected chi connectivity index (χ4v) is 1.29. The molecule has 1 aromatic carbocycles. The van der Waals surface area contributed by atoms with Gasteiger partial charge in [-0.15, -0.1) is 0 Å². The summed E-state index contributed by atoms with van der Waals surface area (Å²) in [6.07, 6.45) is 1.44. The second-order valence-electron chi connectivity index (χ2n) is 3.79. The van der Waals surface area contributed by atoms with E-state index >= 15 is 0 Å². The molecule has 19 heavy (non-hydrogen) atoms. The molecule has 0 atom stereocenters. The van der Waals surface area contributed by atoms with Gasteiger partial charge in [-0.05, 0) is 30.7 Å². The number of hydrogen-bond donors (Lipinski definition) is 1. The van der Waals surface area contributed by atoms with Crippen molar-refractivity contribution in [3.63, 3.8) is 0 Å². The maximum atomic E-state index is 10.4. The highest BCUT2D eigenvalue weighted by atomic mass is 16.6. The van der Waals surface area contributed by atoms with Gasteiger partial charge >= 0.3 is 17.9 Å². The molecule has 0 spiro atoms. The molecule has 0 bridgehead atoms. The lowest BCUT2D eigenvalue weighted by Crippen LogP contribution is -2.17. The van der Waals surface area contributed by atoms with Gasteiger partial charge in [-0.25, -0.2) is 0 Å². The SMILES string of the molecule is CC(=O)Oc1ccc(O)cc1.O=C1CCCC(=O)O1. The first-order valence-electron chi connectivity index (χ1n) is 5.68. The standard InChI is InChI=1S/C8H8O3.C5H6O3/c1-6(9)11-8-4-2-7(10)3-5-8;6-4-2-1-3-5(7)8-4/h2-5,10H,1H3;1-3H2. The molecule has 6 heteroatoms. The molecule has 0 amide bonds. The highest BCUT2D eigenvalue weighted by molar-refractivity contribution is 5.87. The van der Waals surface area contributed by atoms with Gasteiger partial charge in [-0.1, -0.05) is 0 Å². The molecule has 1 aliphatic heterocycles. The van der Waals surface area contributed by atoms with E-state index in [4.69, 9.17) is 9.84 Å². The van der Waals surface area contributed by atoms with Gasteiger partial charge in [0.1, 0.15) is 11.5 Å². The Morgan fingerprint density at radius 1 is 1.16 bits per heavy atom. The highest BCUT2D eigenvalue weighted by Crippen LogP contribution is 2.15. The highest BCUT2D eigenvalue weighted by Gasteiger charge is 2.15. The molecule has 0 unspecified atom stereocenters. The smallest absolute Gasteiger partial charge is 0.313 e. The Kier molecular flexibility index (Phi) is 5.53. The molecule has 0 radical (unpaired) electrons. The van der Waals surface area contributed by atoms with E-state index in [1.807, 2.05) is 0 Å². The number of cyclic esters (lactones) is 2. The predicted octanol–water partition coefficient (Wildman–Crippen LogP) is 1.56. The van der Waals surface area contributed by atoms with Crippen molar-refractivity contribution < 1.29 is 29.0 Å². The van der Waals surface area contributed by atoms with Crippen molar-refractivity contribution in [1.29, 1.82) is 0 Å². The number of carbonyl (C=O) groups excluding carboxylic acids is 3. The molecule has 1 saturated heterocycles. The van der Waals surface area contributed by atoms with Crippen molar-refractivity contribution in [2.24, 2.45) is 0 Å². The largest absolute Gasteiger partial charge is 0.508 e. The number of benzene rings is 1. The Morgan fingerprint density at radius 3 is 2.05 bits per heavy atom. The maximum absolute atomic E-state index is 10.4. The van der Waals surface area contributed by atoms with Crippen LogP contribution in [-0.4, -0.2) is 23.0 Å². The Labute approximate surface area is 109 Å². The monoisotopic (exact) mass is 266 g/mol. The van der Waals surface area contributed by atoms with E-state index in [1.165, 1.54) is 31.2 Å². The third-order valence-corrected chi connectivity index (χ3v) is 2.09. The molecular weight excluding hydrogens is 252 g/mol. The summed E-state index contributed by atoms with van der Waals surface area (Å²) < 4.78 is 8.93. The zero-order valence-corrected chi connectivity index (χ0v) is 10.4. The van der Waals surface area contributed by atoms with Crippen molar-refractivity contribution in [2.45, 2.75) is 26.2 Å². The van der Waals surface area contributed by atoms with Crippen LogP contribution in [0.3, 0.4) is 0 Å². The molecule has 0 aliphatic carbocycles. The van der Waals surface area contributed by atoms with Crippen molar-refractivity contribution in [3.05, 3.63) is 24.3 Å².